The Kier molecular flexibility index (Phi) is 7.11. The highest BCUT2D eigenvalue weighted by Gasteiger charge is 2.28. The SMILES string of the molecule is CC(C)(CNC(=O)c1cccc(NC(=O)C2CCCCC2)c1)N1CCCCC1. The number of hydrogen-bond donors (Lipinski definition) is 2. The molecule has 28 heavy (non-hydrogen) atoms. The first kappa shape index (κ1) is 20.8. The van der Waals surface area contributed by atoms with Gasteiger partial charge in [0.05, 0.1) is 0 Å². The Hall–Kier alpha value is -1.88. The highest BCUT2D eigenvalue weighted by Crippen LogP contribution is 2.25. The summed E-state index contributed by atoms with van der Waals surface area (Å²) in [7, 11) is 0. The van der Waals surface area contributed by atoms with Gasteiger partial charge >= 0.3 is 0 Å². The molecule has 154 valence electrons. The molecule has 1 saturated carbocycles. The number of piperidine rings is 1. The van der Waals surface area contributed by atoms with Gasteiger partial charge in [-0.2, -0.15) is 0 Å². The Morgan fingerprint density at radius 2 is 1.71 bits per heavy atom. The number of carbonyl (C=O) groups excluding carboxylic acids is 2. The number of hydrogen-bond acceptors (Lipinski definition) is 3. The molecule has 0 radical (unpaired) electrons. The zero-order valence-electron chi connectivity index (χ0n) is 17.4. The van der Waals surface area contributed by atoms with Crippen molar-refractivity contribution in [2.45, 2.75) is 70.8 Å². The number of benzene rings is 1. The summed E-state index contributed by atoms with van der Waals surface area (Å²) >= 11 is 0. The Morgan fingerprint density at radius 1 is 1.04 bits per heavy atom. The lowest BCUT2D eigenvalue weighted by atomic mass is 9.88. The Labute approximate surface area is 169 Å². The lowest BCUT2D eigenvalue weighted by Crippen LogP contribution is -2.53. The number of likely N-dealkylation sites (tertiary alicyclic amines) is 1. The molecule has 2 N–H and O–H groups in total. The van der Waals surface area contributed by atoms with E-state index in [1.54, 1.807) is 12.1 Å². The molecule has 0 atom stereocenters. The molecule has 3 rings (SSSR count). The number of rotatable bonds is 6. The van der Waals surface area contributed by atoms with Gasteiger partial charge in [-0.25, -0.2) is 0 Å². The average molecular weight is 386 g/mol. The summed E-state index contributed by atoms with van der Waals surface area (Å²) in [6, 6.07) is 7.28. The molecule has 1 aromatic carbocycles. The van der Waals surface area contributed by atoms with Gasteiger partial charge in [-0.15, -0.1) is 0 Å². The molecule has 5 nitrogen and oxygen atoms in total. The van der Waals surface area contributed by atoms with Gasteiger partial charge in [0.1, 0.15) is 0 Å². The summed E-state index contributed by atoms with van der Waals surface area (Å²) in [5, 5.41) is 6.09. The second-order valence-corrected chi connectivity index (χ2v) is 8.95. The number of nitrogens with one attached hydrogen (secondary N) is 2. The third-order valence-corrected chi connectivity index (χ3v) is 6.26. The van der Waals surface area contributed by atoms with Crippen LogP contribution in [0.15, 0.2) is 24.3 Å². The minimum atomic E-state index is -0.0844. The van der Waals surface area contributed by atoms with Crippen LogP contribution in [0.2, 0.25) is 0 Å². The van der Waals surface area contributed by atoms with Crippen LogP contribution in [-0.2, 0) is 4.79 Å². The first-order valence-electron chi connectivity index (χ1n) is 10.9. The van der Waals surface area contributed by atoms with Crippen molar-refractivity contribution in [2.75, 3.05) is 25.0 Å². The van der Waals surface area contributed by atoms with Gasteiger partial charge in [-0.3, -0.25) is 14.5 Å². The monoisotopic (exact) mass is 385 g/mol. The predicted octanol–water partition coefficient (Wildman–Crippen LogP) is 4.20. The average Bonchev–Trinajstić information content (AvgIpc) is 2.73. The Morgan fingerprint density at radius 3 is 2.43 bits per heavy atom. The largest absolute Gasteiger partial charge is 0.350 e. The summed E-state index contributed by atoms with van der Waals surface area (Å²) in [5.41, 5.74) is 1.25. The van der Waals surface area contributed by atoms with Gasteiger partial charge in [-0.1, -0.05) is 31.7 Å². The zero-order valence-corrected chi connectivity index (χ0v) is 17.4. The smallest absolute Gasteiger partial charge is 0.251 e. The second-order valence-electron chi connectivity index (χ2n) is 8.95. The minimum Gasteiger partial charge on any atom is -0.350 e. The van der Waals surface area contributed by atoms with Crippen molar-refractivity contribution >= 4 is 17.5 Å². The van der Waals surface area contributed by atoms with Crippen molar-refractivity contribution in [3.63, 3.8) is 0 Å². The topological polar surface area (TPSA) is 61.4 Å². The first-order valence-corrected chi connectivity index (χ1v) is 10.9. The summed E-state index contributed by atoms with van der Waals surface area (Å²) < 4.78 is 0. The molecule has 1 aliphatic carbocycles. The summed E-state index contributed by atoms with van der Waals surface area (Å²) in [6.45, 7) is 7.21. The highest BCUT2D eigenvalue weighted by molar-refractivity contribution is 5.97. The fraction of sp³-hybridized carbons (Fsp3) is 0.652. The number of amides is 2. The molecule has 2 amide bonds. The van der Waals surface area contributed by atoms with Crippen LogP contribution in [0, 0.1) is 5.92 Å². The summed E-state index contributed by atoms with van der Waals surface area (Å²) in [5.74, 6) is 0.110. The van der Waals surface area contributed by atoms with Crippen molar-refractivity contribution in [1.82, 2.24) is 10.2 Å². The number of nitrogens with zero attached hydrogens (tertiary/aromatic N) is 1. The van der Waals surface area contributed by atoms with Gasteiger partial charge in [0.2, 0.25) is 5.91 Å². The Bertz CT molecular complexity index is 674. The van der Waals surface area contributed by atoms with Crippen LogP contribution >= 0.6 is 0 Å². The number of carbonyl (C=O) groups is 2. The van der Waals surface area contributed by atoms with E-state index in [-0.39, 0.29) is 23.3 Å². The third kappa shape index (κ3) is 5.57. The van der Waals surface area contributed by atoms with Gasteiger partial charge in [0.15, 0.2) is 0 Å². The van der Waals surface area contributed by atoms with Crippen LogP contribution in [0.1, 0.15) is 75.6 Å². The first-order chi connectivity index (χ1) is 13.5. The molecule has 5 heteroatoms. The van der Waals surface area contributed by atoms with Crippen LogP contribution in [0.5, 0.6) is 0 Å². The van der Waals surface area contributed by atoms with Gasteiger partial charge in [-0.05, 0) is 70.8 Å². The van der Waals surface area contributed by atoms with Crippen LogP contribution in [0.3, 0.4) is 0 Å². The van der Waals surface area contributed by atoms with E-state index >= 15 is 0 Å². The minimum absolute atomic E-state index is 0.0527. The van der Waals surface area contributed by atoms with Crippen molar-refractivity contribution in [2.24, 2.45) is 5.92 Å². The predicted molar refractivity (Wildman–Crippen MR) is 113 cm³/mol. The van der Waals surface area contributed by atoms with Gasteiger partial charge in [0.25, 0.3) is 5.91 Å². The lowest BCUT2D eigenvalue weighted by Gasteiger charge is -2.41. The molecule has 2 fully saturated rings. The third-order valence-electron chi connectivity index (χ3n) is 6.26. The maximum absolute atomic E-state index is 12.7. The van der Waals surface area contributed by atoms with Crippen LogP contribution in [-0.4, -0.2) is 41.9 Å². The number of anilines is 1. The summed E-state index contributed by atoms with van der Waals surface area (Å²) in [4.78, 5) is 27.6. The van der Waals surface area contributed by atoms with Crippen molar-refractivity contribution in [1.29, 1.82) is 0 Å². The zero-order chi connectivity index (χ0) is 20.0. The fourth-order valence-corrected chi connectivity index (χ4v) is 4.36. The summed E-state index contributed by atoms with van der Waals surface area (Å²) in [6.07, 6.45) is 9.21. The highest BCUT2D eigenvalue weighted by atomic mass is 16.2. The van der Waals surface area contributed by atoms with Crippen LogP contribution in [0.25, 0.3) is 0 Å². The van der Waals surface area contributed by atoms with Crippen molar-refractivity contribution in [3.05, 3.63) is 29.8 Å². The Balaban J connectivity index is 1.55. The molecule has 1 aromatic rings. The van der Waals surface area contributed by atoms with Gasteiger partial charge in [0, 0.05) is 29.3 Å². The fourth-order valence-electron chi connectivity index (χ4n) is 4.36. The maximum atomic E-state index is 12.7. The molecule has 1 saturated heterocycles. The molecule has 1 aliphatic heterocycles. The molecule has 0 unspecified atom stereocenters. The van der Waals surface area contributed by atoms with Crippen LogP contribution in [0.4, 0.5) is 5.69 Å². The standard InChI is InChI=1S/C23H35N3O2/c1-23(2,26-14-7-4-8-15-26)17-24-21(27)19-12-9-13-20(16-19)25-22(28)18-10-5-3-6-11-18/h9,12-13,16,18H,3-8,10-11,14-15,17H2,1-2H3,(H,24,27)(H,25,28). The van der Waals surface area contributed by atoms with Crippen molar-refractivity contribution < 1.29 is 9.59 Å². The maximum Gasteiger partial charge on any atom is 0.251 e. The van der Waals surface area contributed by atoms with E-state index in [1.807, 2.05) is 12.1 Å². The van der Waals surface area contributed by atoms with Gasteiger partial charge < -0.3 is 10.6 Å². The van der Waals surface area contributed by atoms with E-state index in [0.717, 1.165) is 38.8 Å². The van der Waals surface area contributed by atoms with E-state index in [2.05, 4.69) is 29.4 Å². The molecule has 0 aromatic heterocycles. The molecule has 0 spiro atoms. The molecule has 1 heterocycles. The quantitative estimate of drug-likeness (QED) is 0.771. The molecule has 0 bridgehead atoms. The van der Waals surface area contributed by atoms with E-state index in [9.17, 15) is 9.59 Å². The van der Waals surface area contributed by atoms with E-state index in [1.165, 1.54) is 25.7 Å². The normalized spacial score (nSPS) is 19.2. The van der Waals surface area contributed by atoms with E-state index in [4.69, 9.17) is 0 Å². The van der Waals surface area contributed by atoms with E-state index < -0.39 is 0 Å². The van der Waals surface area contributed by atoms with Crippen molar-refractivity contribution in [3.8, 4) is 0 Å². The second kappa shape index (κ2) is 9.55. The molecular formula is C23H35N3O2. The lowest BCUT2D eigenvalue weighted by molar-refractivity contribution is -0.120. The van der Waals surface area contributed by atoms with E-state index in [0.29, 0.717) is 17.8 Å². The van der Waals surface area contributed by atoms with Crippen LogP contribution < -0.4 is 10.6 Å². The molecular weight excluding hydrogens is 350 g/mol. The molecule has 2 aliphatic rings.